The van der Waals surface area contributed by atoms with Crippen molar-refractivity contribution in [3.05, 3.63) is 84.2 Å². The van der Waals surface area contributed by atoms with Crippen molar-refractivity contribution >= 4 is 29.0 Å². The Bertz CT molecular complexity index is 1520. The summed E-state index contributed by atoms with van der Waals surface area (Å²) in [6.07, 6.45) is 16.6. The molecule has 2 aliphatic carbocycles. The number of nitrogens with zero attached hydrogens (tertiary/aromatic N) is 4. The van der Waals surface area contributed by atoms with Crippen molar-refractivity contribution in [2.24, 2.45) is 17.8 Å². The van der Waals surface area contributed by atoms with Gasteiger partial charge in [0.1, 0.15) is 6.54 Å². The van der Waals surface area contributed by atoms with Crippen molar-refractivity contribution in [2.45, 2.75) is 64.8 Å². The smallest absolute Gasteiger partial charge is 0.323 e. The molecule has 0 spiro atoms. The van der Waals surface area contributed by atoms with E-state index in [-0.39, 0.29) is 25.5 Å². The number of carbonyl (C=O) groups is 3. The highest BCUT2D eigenvalue weighted by molar-refractivity contribution is 5.88. The van der Waals surface area contributed by atoms with E-state index in [2.05, 4.69) is 28.3 Å². The molecular weight excluding hydrogens is 590 g/mol. The second kappa shape index (κ2) is 16.3. The van der Waals surface area contributed by atoms with Gasteiger partial charge in [-0.3, -0.25) is 14.4 Å². The first-order valence-corrected chi connectivity index (χ1v) is 16.9. The van der Waals surface area contributed by atoms with E-state index < -0.39 is 18.4 Å². The summed E-state index contributed by atoms with van der Waals surface area (Å²) in [4.78, 5) is 49.2. The predicted octanol–water partition coefficient (Wildman–Crippen LogP) is 6.21. The van der Waals surface area contributed by atoms with Gasteiger partial charge in [-0.25, -0.2) is 9.97 Å². The number of aliphatic carboxylic acids is 1. The number of likely N-dealkylation sites (N-methyl/N-ethyl adjacent to an activating group) is 1. The van der Waals surface area contributed by atoms with E-state index in [0.717, 1.165) is 53.0 Å². The number of allylic oxidation sites excluding steroid dienone is 2. The lowest BCUT2D eigenvalue weighted by atomic mass is 9.71. The molecule has 9 heteroatoms. The Morgan fingerprint density at radius 3 is 2.19 bits per heavy atom. The van der Waals surface area contributed by atoms with Crippen molar-refractivity contribution < 1.29 is 19.5 Å². The van der Waals surface area contributed by atoms with Gasteiger partial charge < -0.3 is 20.2 Å². The summed E-state index contributed by atoms with van der Waals surface area (Å²) in [5, 5.41) is 12.0. The molecule has 0 aliphatic heterocycles. The molecule has 0 radical (unpaired) electrons. The van der Waals surface area contributed by atoms with Crippen LogP contribution in [0.1, 0.15) is 69.4 Å². The minimum absolute atomic E-state index is 0.0682. The Balaban J connectivity index is 1.13. The lowest BCUT2D eigenvalue weighted by Gasteiger charge is -2.35. The molecule has 9 nitrogen and oxygen atoms in total. The molecule has 1 atom stereocenters. The Morgan fingerprint density at radius 2 is 1.57 bits per heavy atom. The summed E-state index contributed by atoms with van der Waals surface area (Å²) >= 11 is 0. The fraction of sp³-hybridized carbons (Fsp3) is 0.447. The van der Waals surface area contributed by atoms with Gasteiger partial charge in [0.15, 0.2) is 5.82 Å². The fourth-order valence-corrected chi connectivity index (χ4v) is 6.96. The van der Waals surface area contributed by atoms with Crippen LogP contribution in [-0.4, -0.2) is 64.4 Å². The van der Waals surface area contributed by atoms with Crippen LogP contribution >= 0.6 is 0 Å². The van der Waals surface area contributed by atoms with Gasteiger partial charge in [0.05, 0.1) is 13.1 Å². The number of anilines is 1. The summed E-state index contributed by atoms with van der Waals surface area (Å²) in [7, 11) is 1.79. The largest absolute Gasteiger partial charge is 0.480 e. The maximum Gasteiger partial charge on any atom is 0.323 e. The Kier molecular flexibility index (Phi) is 11.8. The summed E-state index contributed by atoms with van der Waals surface area (Å²) < 4.78 is 0. The maximum absolute atomic E-state index is 12.9. The van der Waals surface area contributed by atoms with Gasteiger partial charge in [-0.1, -0.05) is 74.7 Å². The molecule has 0 saturated heterocycles. The molecule has 2 N–H and O–H groups in total. The van der Waals surface area contributed by atoms with Crippen LogP contribution in [0.25, 0.3) is 17.0 Å². The summed E-state index contributed by atoms with van der Waals surface area (Å²) in [6.45, 7) is 1.73. The first-order valence-electron chi connectivity index (χ1n) is 16.9. The number of carboxylic acid groups (broad SMARTS) is 1. The van der Waals surface area contributed by atoms with Crippen molar-refractivity contribution in [2.75, 3.05) is 31.6 Å². The van der Waals surface area contributed by atoms with E-state index in [1.165, 1.54) is 49.0 Å². The standard InChI is InChI=1S/C38H47N5O4/c1-3-27-9-13-29(14-10-27)30-17-19-31(20-18-30)33-21-40-38(41-22-33)32-15-11-28(12-16-32)24-43(26-37(46)47)36(45)23-39-35(44)25-42(2)34-7-5-4-6-8-34/h4-8,11-12,15-16,19,21-22,27,29-30H,3,9-10,13-14,17-18,20,23-26H2,1-2H3,(H,39,44)(H,46,47)/t27-,29-,30?. The first kappa shape index (κ1) is 33.8. The SMILES string of the molecule is CC[C@H]1CC[C@H](C2CC=C(c3cnc(-c4ccc(CN(CC(=O)O)C(=O)CNC(=O)CN(C)c5ccccc5)cc4)nc3)CC2)CC1. The van der Waals surface area contributed by atoms with Crippen LogP contribution in [0.2, 0.25) is 0 Å². The van der Waals surface area contributed by atoms with Crippen LogP contribution in [-0.2, 0) is 20.9 Å². The number of nitrogens with one attached hydrogen (secondary N) is 1. The average Bonchev–Trinajstić information content (AvgIpc) is 3.11. The van der Waals surface area contributed by atoms with Crippen molar-refractivity contribution in [1.29, 1.82) is 0 Å². The molecule has 1 unspecified atom stereocenters. The third-order valence-electron chi connectivity index (χ3n) is 9.89. The second-order valence-electron chi connectivity index (χ2n) is 13.1. The molecule has 5 rings (SSSR count). The Morgan fingerprint density at radius 1 is 0.872 bits per heavy atom. The molecule has 2 aromatic carbocycles. The number of aromatic nitrogens is 2. The number of amides is 2. The predicted molar refractivity (Wildman–Crippen MR) is 184 cm³/mol. The molecule has 1 heterocycles. The van der Waals surface area contributed by atoms with Crippen molar-refractivity contribution in [3.63, 3.8) is 0 Å². The quantitative estimate of drug-likeness (QED) is 0.229. The first-order chi connectivity index (χ1) is 22.8. The van der Waals surface area contributed by atoms with Gasteiger partial charge in [-0.2, -0.15) is 0 Å². The Hall–Kier alpha value is -4.53. The van der Waals surface area contributed by atoms with Gasteiger partial charge in [0.2, 0.25) is 11.8 Å². The molecule has 248 valence electrons. The van der Waals surface area contributed by atoms with Crippen LogP contribution < -0.4 is 10.2 Å². The average molecular weight is 638 g/mol. The zero-order chi connectivity index (χ0) is 33.2. The molecule has 3 aromatic rings. The van der Waals surface area contributed by atoms with E-state index in [1.807, 2.05) is 67.0 Å². The highest BCUT2D eigenvalue weighted by atomic mass is 16.4. The van der Waals surface area contributed by atoms with Crippen LogP contribution in [0.5, 0.6) is 0 Å². The van der Waals surface area contributed by atoms with Gasteiger partial charge in [-0.05, 0) is 73.1 Å². The highest BCUT2D eigenvalue weighted by Crippen LogP contribution is 2.41. The van der Waals surface area contributed by atoms with Crippen LogP contribution in [0.15, 0.2) is 73.1 Å². The minimum Gasteiger partial charge on any atom is -0.480 e. The van der Waals surface area contributed by atoms with E-state index >= 15 is 0 Å². The molecule has 0 bridgehead atoms. The molecule has 1 aromatic heterocycles. The number of para-hydroxylation sites is 1. The van der Waals surface area contributed by atoms with Crippen LogP contribution in [0, 0.1) is 17.8 Å². The van der Waals surface area contributed by atoms with Crippen molar-refractivity contribution in [3.8, 4) is 11.4 Å². The topological polar surface area (TPSA) is 116 Å². The number of rotatable bonds is 13. The number of carboxylic acids is 1. The molecule has 1 saturated carbocycles. The van der Waals surface area contributed by atoms with Gasteiger partial charge in [-0.15, -0.1) is 0 Å². The molecule has 2 aliphatic rings. The third kappa shape index (κ3) is 9.50. The third-order valence-corrected chi connectivity index (χ3v) is 9.89. The molecule has 1 fully saturated rings. The molecule has 47 heavy (non-hydrogen) atoms. The Labute approximate surface area is 278 Å². The normalized spacial score (nSPS) is 19.4. The molecular formula is C38H47N5O4. The monoisotopic (exact) mass is 637 g/mol. The zero-order valence-corrected chi connectivity index (χ0v) is 27.6. The number of carbonyl (C=O) groups excluding carboxylic acids is 2. The molecule has 2 amide bonds. The van der Waals surface area contributed by atoms with E-state index in [9.17, 15) is 19.5 Å². The van der Waals surface area contributed by atoms with Gasteiger partial charge in [0, 0.05) is 42.8 Å². The fourth-order valence-electron chi connectivity index (χ4n) is 6.96. The summed E-state index contributed by atoms with van der Waals surface area (Å²) in [5.74, 6) is 1.31. The van der Waals surface area contributed by atoms with E-state index in [1.54, 1.807) is 11.9 Å². The lowest BCUT2D eigenvalue weighted by Crippen LogP contribution is -2.44. The summed E-state index contributed by atoms with van der Waals surface area (Å²) in [6, 6.07) is 16.9. The van der Waals surface area contributed by atoms with Crippen molar-refractivity contribution in [1.82, 2.24) is 20.2 Å². The second-order valence-corrected chi connectivity index (χ2v) is 13.1. The number of hydrogen-bond acceptors (Lipinski definition) is 6. The zero-order valence-electron chi connectivity index (χ0n) is 27.6. The van der Waals surface area contributed by atoms with Crippen LogP contribution in [0.4, 0.5) is 5.69 Å². The lowest BCUT2D eigenvalue weighted by molar-refractivity contribution is -0.144. The summed E-state index contributed by atoms with van der Waals surface area (Å²) in [5.41, 5.74) is 4.90. The van der Waals surface area contributed by atoms with E-state index in [0.29, 0.717) is 5.82 Å². The van der Waals surface area contributed by atoms with Crippen LogP contribution in [0.3, 0.4) is 0 Å². The highest BCUT2D eigenvalue weighted by Gasteiger charge is 2.28. The van der Waals surface area contributed by atoms with Gasteiger partial charge in [0.25, 0.3) is 0 Å². The number of hydrogen-bond donors (Lipinski definition) is 2. The van der Waals surface area contributed by atoms with Gasteiger partial charge >= 0.3 is 5.97 Å². The number of benzene rings is 2. The minimum atomic E-state index is -1.12. The maximum atomic E-state index is 12.9. The van der Waals surface area contributed by atoms with E-state index in [4.69, 9.17) is 0 Å².